The molecule has 0 bridgehead atoms. The maximum Gasteiger partial charge on any atom is 0.167 e. The third-order valence-electron chi connectivity index (χ3n) is 3.56. The first-order chi connectivity index (χ1) is 8.04. The van der Waals surface area contributed by atoms with Crippen LogP contribution in [0, 0.1) is 5.82 Å². The highest BCUT2D eigenvalue weighted by Gasteiger charge is 2.29. The Morgan fingerprint density at radius 1 is 1.47 bits per heavy atom. The molecular formula is C12H17ClFN3. The number of hydrogen-bond acceptors (Lipinski definition) is 3. The van der Waals surface area contributed by atoms with Crippen molar-refractivity contribution in [2.45, 2.75) is 25.3 Å². The average molecular weight is 258 g/mol. The van der Waals surface area contributed by atoms with Crippen LogP contribution in [0.1, 0.15) is 19.8 Å². The van der Waals surface area contributed by atoms with Gasteiger partial charge in [-0.25, -0.2) is 9.37 Å². The lowest BCUT2D eigenvalue weighted by Crippen LogP contribution is -2.50. The Morgan fingerprint density at radius 3 is 2.65 bits per heavy atom. The van der Waals surface area contributed by atoms with E-state index in [1.807, 2.05) is 11.9 Å². The summed E-state index contributed by atoms with van der Waals surface area (Å²) < 4.78 is 13.7. The van der Waals surface area contributed by atoms with E-state index in [0.717, 1.165) is 25.9 Å². The van der Waals surface area contributed by atoms with Crippen molar-refractivity contribution in [2.75, 3.05) is 25.0 Å². The van der Waals surface area contributed by atoms with Crippen molar-refractivity contribution in [3.8, 4) is 0 Å². The number of rotatable bonds is 2. The lowest BCUT2D eigenvalue weighted by Gasteiger charge is -2.39. The second-order valence-corrected chi connectivity index (χ2v) is 5.19. The fourth-order valence-electron chi connectivity index (χ4n) is 2.10. The molecule has 1 aliphatic heterocycles. The van der Waals surface area contributed by atoms with Crippen LogP contribution < -0.4 is 10.2 Å². The molecule has 94 valence electrons. The first-order valence-electron chi connectivity index (χ1n) is 5.79. The number of hydrogen-bond donors (Lipinski definition) is 1. The second kappa shape index (κ2) is 4.78. The van der Waals surface area contributed by atoms with Crippen LogP contribution in [0.25, 0.3) is 0 Å². The van der Waals surface area contributed by atoms with Gasteiger partial charge < -0.3 is 10.2 Å². The maximum absolute atomic E-state index is 13.7. The zero-order valence-corrected chi connectivity index (χ0v) is 10.9. The van der Waals surface area contributed by atoms with E-state index in [4.69, 9.17) is 11.6 Å². The molecule has 0 unspecified atom stereocenters. The number of nitrogens with zero attached hydrogens (tertiary/aromatic N) is 2. The molecule has 1 saturated heterocycles. The molecule has 2 rings (SSSR count). The van der Waals surface area contributed by atoms with Gasteiger partial charge in [-0.1, -0.05) is 11.6 Å². The quantitative estimate of drug-likeness (QED) is 0.882. The number of pyridine rings is 1. The summed E-state index contributed by atoms with van der Waals surface area (Å²) in [5.74, 6) is 0.0677. The normalized spacial score (nSPS) is 19.4. The molecule has 3 nitrogen and oxygen atoms in total. The summed E-state index contributed by atoms with van der Waals surface area (Å²) >= 11 is 5.69. The Bertz CT molecular complexity index is 403. The Morgan fingerprint density at radius 2 is 2.12 bits per heavy atom. The van der Waals surface area contributed by atoms with Gasteiger partial charge in [0.2, 0.25) is 0 Å². The summed E-state index contributed by atoms with van der Waals surface area (Å²) in [5.41, 5.74) is 0.152. The van der Waals surface area contributed by atoms with Gasteiger partial charge in [0.25, 0.3) is 0 Å². The SMILES string of the molecule is CNC1(C)CCN(c2ncc(Cl)cc2F)CC1. The van der Waals surface area contributed by atoms with Crippen molar-refractivity contribution in [3.05, 3.63) is 23.1 Å². The van der Waals surface area contributed by atoms with Crippen LogP contribution in [0.3, 0.4) is 0 Å². The van der Waals surface area contributed by atoms with Crippen molar-refractivity contribution >= 4 is 17.4 Å². The minimum Gasteiger partial charge on any atom is -0.354 e. The lowest BCUT2D eigenvalue weighted by atomic mass is 9.90. The summed E-state index contributed by atoms with van der Waals surface area (Å²) in [7, 11) is 1.97. The molecule has 0 aromatic carbocycles. The Hall–Kier alpha value is -0.870. The van der Waals surface area contributed by atoms with Gasteiger partial charge in [0.1, 0.15) is 0 Å². The van der Waals surface area contributed by atoms with Crippen molar-refractivity contribution < 1.29 is 4.39 Å². The summed E-state index contributed by atoms with van der Waals surface area (Å²) in [6.07, 6.45) is 3.45. The van der Waals surface area contributed by atoms with Crippen LogP contribution in [-0.4, -0.2) is 30.7 Å². The van der Waals surface area contributed by atoms with E-state index in [1.165, 1.54) is 12.3 Å². The van der Waals surface area contributed by atoms with Gasteiger partial charge in [0.15, 0.2) is 11.6 Å². The first-order valence-corrected chi connectivity index (χ1v) is 6.17. The lowest BCUT2D eigenvalue weighted by molar-refractivity contribution is 0.303. The molecule has 1 aromatic heterocycles. The third-order valence-corrected chi connectivity index (χ3v) is 3.77. The smallest absolute Gasteiger partial charge is 0.167 e. The molecule has 0 atom stereocenters. The fourth-order valence-corrected chi connectivity index (χ4v) is 2.25. The highest BCUT2D eigenvalue weighted by atomic mass is 35.5. The van der Waals surface area contributed by atoms with Gasteiger partial charge in [0.05, 0.1) is 5.02 Å². The van der Waals surface area contributed by atoms with Gasteiger partial charge in [-0.3, -0.25) is 0 Å². The Labute approximate surface area is 106 Å². The van der Waals surface area contributed by atoms with Crippen LogP contribution in [0.2, 0.25) is 5.02 Å². The molecule has 1 aromatic rings. The Kier molecular flexibility index (Phi) is 3.54. The van der Waals surface area contributed by atoms with Crippen molar-refractivity contribution in [1.29, 1.82) is 0 Å². The zero-order chi connectivity index (χ0) is 12.5. The van der Waals surface area contributed by atoms with Crippen LogP contribution in [-0.2, 0) is 0 Å². The zero-order valence-electron chi connectivity index (χ0n) is 10.1. The molecule has 17 heavy (non-hydrogen) atoms. The molecule has 5 heteroatoms. The second-order valence-electron chi connectivity index (χ2n) is 4.76. The molecule has 0 saturated carbocycles. The minimum absolute atomic E-state index is 0.152. The van der Waals surface area contributed by atoms with Crippen LogP contribution in [0.5, 0.6) is 0 Å². The van der Waals surface area contributed by atoms with Crippen LogP contribution in [0.15, 0.2) is 12.3 Å². The van der Waals surface area contributed by atoms with Gasteiger partial charge in [0, 0.05) is 24.8 Å². The highest BCUT2D eigenvalue weighted by molar-refractivity contribution is 6.30. The largest absolute Gasteiger partial charge is 0.354 e. The van der Waals surface area contributed by atoms with Crippen LogP contribution >= 0.6 is 11.6 Å². The first kappa shape index (κ1) is 12.6. The molecule has 2 heterocycles. The Balaban J connectivity index is 2.10. The van der Waals surface area contributed by atoms with Crippen molar-refractivity contribution in [1.82, 2.24) is 10.3 Å². The fraction of sp³-hybridized carbons (Fsp3) is 0.583. The van der Waals surface area contributed by atoms with Crippen molar-refractivity contribution in [2.24, 2.45) is 0 Å². The summed E-state index contributed by atoms with van der Waals surface area (Å²) in [5, 5.41) is 3.65. The monoisotopic (exact) mass is 257 g/mol. The van der Waals surface area contributed by atoms with E-state index in [-0.39, 0.29) is 11.4 Å². The summed E-state index contributed by atoms with van der Waals surface area (Å²) in [4.78, 5) is 6.05. The molecule has 0 amide bonds. The van der Waals surface area contributed by atoms with Gasteiger partial charge in [-0.2, -0.15) is 0 Å². The third kappa shape index (κ3) is 2.69. The van der Waals surface area contributed by atoms with Crippen LogP contribution in [0.4, 0.5) is 10.2 Å². The molecule has 1 aliphatic rings. The standard InChI is InChI=1S/C12H17ClFN3/c1-12(15-2)3-5-17(6-4-12)11-10(14)7-9(13)8-16-11/h7-8,15H,3-6H2,1-2H3. The summed E-state index contributed by atoms with van der Waals surface area (Å²) in [6, 6.07) is 1.32. The number of halogens is 2. The van der Waals surface area contributed by atoms with E-state index in [9.17, 15) is 4.39 Å². The highest BCUT2D eigenvalue weighted by Crippen LogP contribution is 2.27. The van der Waals surface area contributed by atoms with Gasteiger partial charge in [-0.05, 0) is 32.9 Å². The molecule has 1 fully saturated rings. The van der Waals surface area contributed by atoms with E-state index >= 15 is 0 Å². The maximum atomic E-state index is 13.7. The molecule has 0 spiro atoms. The molecule has 1 N–H and O–H groups in total. The number of aromatic nitrogens is 1. The number of piperidine rings is 1. The molecular weight excluding hydrogens is 241 g/mol. The minimum atomic E-state index is -0.342. The van der Waals surface area contributed by atoms with E-state index in [1.54, 1.807) is 0 Å². The topological polar surface area (TPSA) is 28.2 Å². The van der Waals surface area contributed by atoms with Gasteiger partial charge >= 0.3 is 0 Å². The van der Waals surface area contributed by atoms with E-state index < -0.39 is 0 Å². The average Bonchev–Trinajstić information content (AvgIpc) is 2.31. The summed E-state index contributed by atoms with van der Waals surface area (Å²) in [6.45, 7) is 3.81. The number of anilines is 1. The molecule has 0 radical (unpaired) electrons. The van der Waals surface area contributed by atoms with E-state index in [0.29, 0.717) is 10.8 Å². The van der Waals surface area contributed by atoms with E-state index in [2.05, 4.69) is 17.2 Å². The van der Waals surface area contributed by atoms with Gasteiger partial charge in [-0.15, -0.1) is 0 Å². The predicted molar refractivity (Wildman–Crippen MR) is 68.1 cm³/mol. The van der Waals surface area contributed by atoms with Crippen molar-refractivity contribution in [3.63, 3.8) is 0 Å². The number of nitrogens with one attached hydrogen (secondary N) is 1. The predicted octanol–water partition coefficient (Wildman–Crippen LogP) is 2.45. The molecule has 0 aliphatic carbocycles.